The average molecular weight is 354 g/mol. The molecule has 0 amide bonds. The van der Waals surface area contributed by atoms with Crippen LogP contribution in [0.3, 0.4) is 0 Å². The molecule has 1 heterocycles. The fourth-order valence-electron chi connectivity index (χ4n) is 2.19. The molecule has 0 radical (unpaired) electrons. The molecule has 0 saturated carbocycles. The highest BCUT2D eigenvalue weighted by atomic mass is 32.1. The first-order valence-electron chi connectivity index (χ1n) is 7.70. The van der Waals surface area contributed by atoms with E-state index in [1.54, 1.807) is 7.11 Å². The Hall–Kier alpha value is -2.93. The molecule has 1 aromatic heterocycles. The maximum Gasteiger partial charge on any atom is 0.246 e. The Balaban J connectivity index is 1.63. The zero-order chi connectivity index (χ0) is 17.6. The first kappa shape index (κ1) is 16.9. The van der Waals surface area contributed by atoms with Crippen LogP contribution in [0.25, 0.3) is 11.4 Å². The molecule has 128 valence electrons. The molecule has 0 bridgehead atoms. The van der Waals surface area contributed by atoms with Crippen molar-refractivity contribution in [1.82, 2.24) is 15.0 Å². The lowest BCUT2D eigenvalue weighted by molar-refractivity contribution is 0.336. The number of hydrogen-bond acceptors (Lipinski definition) is 5. The lowest BCUT2D eigenvalue weighted by Gasteiger charge is -2.19. The predicted octanol–water partition coefficient (Wildman–Crippen LogP) is 3.57. The second-order valence-electron chi connectivity index (χ2n) is 5.39. The van der Waals surface area contributed by atoms with E-state index >= 15 is 0 Å². The molecule has 0 fully saturated rings. The summed E-state index contributed by atoms with van der Waals surface area (Å²) < 4.78 is 10.5. The highest BCUT2D eigenvalue weighted by Crippen LogP contribution is 2.20. The summed E-state index contributed by atoms with van der Waals surface area (Å²) >= 11 is 5.40. The summed E-state index contributed by atoms with van der Waals surface area (Å²) in [5, 5.41) is 7.77. The number of methoxy groups -OCH3 is 1. The summed E-state index contributed by atoms with van der Waals surface area (Å²) in [6.45, 7) is 0.418. The standard InChI is InChI=1S/C18H18N4O2S/c1-22(18(25)19-14-6-4-3-5-7-14)12-16-20-17(21-24-16)13-8-10-15(23-2)11-9-13/h3-11H,12H2,1-2H3,(H,19,25). The SMILES string of the molecule is COc1ccc(-c2noc(CN(C)C(=S)Nc3ccccc3)n2)cc1. The van der Waals surface area contributed by atoms with Crippen molar-refractivity contribution in [1.29, 1.82) is 0 Å². The van der Waals surface area contributed by atoms with Gasteiger partial charge in [0.2, 0.25) is 11.7 Å². The maximum absolute atomic E-state index is 5.40. The van der Waals surface area contributed by atoms with Gasteiger partial charge in [-0.25, -0.2) is 0 Å². The Morgan fingerprint density at radius 2 is 1.88 bits per heavy atom. The van der Waals surface area contributed by atoms with Gasteiger partial charge in [-0.15, -0.1) is 0 Å². The molecule has 7 heteroatoms. The van der Waals surface area contributed by atoms with Crippen LogP contribution in [0.1, 0.15) is 5.89 Å². The number of ether oxygens (including phenoxy) is 1. The largest absolute Gasteiger partial charge is 0.497 e. The summed E-state index contributed by atoms with van der Waals surface area (Å²) in [6, 6.07) is 17.2. The number of nitrogens with zero attached hydrogens (tertiary/aromatic N) is 3. The lowest BCUT2D eigenvalue weighted by atomic mass is 10.2. The minimum Gasteiger partial charge on any atom is -0.497 e. The van der Waals surface area contributed by atoms with Crippen molar-refractivity contribution in [2.24, 2.45) is 0 Å². The number of aromatic nitrogens is 2. The third kappa shape index (κ3) is 4.33. The highest BCUT2D eigenvalue weighted by molar-refractivity contribution is 7.80. The minimum absolute atomic E-state index is 0.418. The maximum atomic E-state index is 5.40. The quantitative estimate of drug-likeness (QED) is 0.703. The smallest absolute Gasteiger partial charge is 0.246 e. The van der Waals surface area contributed by atoms with Crippen LogP contribution >= 0.6 is 12.2 Å². The van der Waals surface area contributed by atoms with Gasteiger partial charge in [-0.1, -0.05) is 23.4 Å². The predicted molar refractivity (Wildman–Crippen MR) is 100 cm³/mol. The van der Waals surface area contributed by atoms with Gasteiger partial charge < -0.3 is 19.5 Å². The Labute approximate surface area is 151 Å². The third-order valence-corrected chi connectivity index (χ3v) is 3.97. The Kier molecular flexibility index (Phi) is 5.25. The first-order chi connectivity index (χ1) is 12.2. The van der Waals surface area contributed by atoms with E-state index in [9.17, 15) is 0 Å². The number of thiocarbonyl (C=S) groups is 1. The molecular formula is C18H18N4O2S. The molecule has 0 saturated heterocycles. The normalized spacial score (nSPS) is 10.3. The van der Waals surface area contributed by atoms with Gasteiger partial charge in [0.05, 0.1) is 13.7 Å². The van der Waals surface area contributed by atoms with Crippen molar-refractivity contribution in [2.45, 2.75) is 6.54 Å². The van der Waals surface area contributed by atoms with Gasteiger partial charge in [0.1, 0.15) is 5.75 Å². The molecule has 0 aliphatic rings. The van der Waals surface area contributed by atoms with Crippen LogP contribution in [-0.4, -0.2) is 34.3 Å². The van der Waals surface area contributed by atoms with E-state index < -0.39 is 0 Å². The molecule has 0 spiro atoms. The molecule has 0 aliphatic heterocycles. The number of benzene rings is 2. The van der Waals surface area contributed by atoms with E-state index in [-0.39, 0.29) is 0 Å². The zero-order valence-corrected chi connectivity index (χ0v) is 14.8. The fourth-order valence-corrected chi connectivity index (χ4v) is 2.37. The summed E-state index contributed by atoms with van der Waals surface area (Å²) in [5.74, 6) is 1.81. The third-order valence-electron chi connectivity index (χ3n) is 3.56. The second-order valence-corrected chi connectivity index (χ2v) is 5.78. The van der Waals surface area contributed by atoms with Gasteiger partial charge in [0.15, 0.2) is 5.11 Å². The van der Waals surface area contributed by atoms with Crippen LogP contribution in [-0.2, 0) is 6.54 Å². The van der Waals surface area contributed by atoms with Gasteiger partial charge in [-0.2, -0.15) is 4.98 Å². The van der Waals surface area contributed by atoms with Crippen molar-refractivity contribution in [3.63, 3.8) is 0 Å². The zero-order valence-electron chi connectivity index (χ0n) is 14.0. The van der Waals surface area contributed by atoms with Crippen molar-refractivity contribution < 1.29 is 9.26 Å². The summed E-state index contributed by atoms with van der Waals surface area (Å²) in [4.78, 5) is 6.26. The summed E-state index contributed by atoms with van der Waals surface area (Å²) in [6.07, 6.45) is 0. The highest BCUT2D eigenvalue weighted by Gasteiger charge is 2.13. The van der Waals surface area contributed by atoms with Crippen LogP contribution in [0.15, 0.2) is 59.1 Å². The molecule has 1 N–H and O–H groups in total. The molecule has 6 nitrogen and oxygen atoms in total. The van der Waals surface area contributed by atoms with E-state index in [1.807, 2.05) is 66.5 Å². The van der Waals surface area contributed by atoms with E-state index in [1.165, 1.54) is 0 Å². The molecule has 2 aromatic carbocycles. The lowest BCUT2D eigenvalue weighted by Crippen LogP contribution is -2.30. The summed E-state index contributed by atoms with van der Waals surface area (Å²) in [7, 11) is 3.50. The average Bonchev–Trinajstić information content (AvgIpc) is 3.11. The Bertz CT molecular complexity index is 834. The topological polar surface area (TPSA) is 63.4 Å². The van der Waals surface area contributed by atoms with Crippen LogP contribution in [0, 0.1) is 0 Å². The van der Waals surface area contributed by atoms with Crippen molar-refractivity contribution in [3.05, 3.63) is 60.5 Å². The first-order valence-corrected chi connectivity index (χ1v) is 8.10. The van der Waals surface area contributed by atoms with Crippen LogP contribution < -0.4 is 10.1 Å². The summed E-state index contributed by atoms with van der Waals surface area (Å²) in [5.41, 5.74) is 1.80. The van der Waals surface area contributed by atoms with Crippen molar-refractivity contribution >= 4 is 23.0 Å². The molecule has 0 atom stereocenters. The van der Waals surface area contributed by atoms with Crippen LogP contribution in [0.5, 0.6) is 5.75 Å². The number of para-hydroxylation sites is 1. The van der Waals surface area contributed by atoms with E-state index in [4.69, 9.17) is 21.5 Å². The van der Waals surface area contributed by atoms with Gasteiger partial charge >= 0.3 is 0 Å². The Morgan fingerprint density at radius 3 is 2.56 bits per heavy atom. The number of anilines is 1. The molecule has 25 heavy (non-hydrogen) atoms. The van der Waals surface area contributed by atoms with E-state index in [0.29, 0.717) is 23.4 Å². The molecular weight excluding hydrogens is 336 g/mol. The monoisotopic (exact) mass is 354 g/mol. The molecule has 0 unspecified atom stereocenters. The van der Waals surface area contributed by atoms with Crippen molar-refractivity contribution in [2.75, 3.05) is 19.5 Å². The van der Waals surface area contributed by atoms with Crippen LogP contribution in [0.2, 0.25) is 0 Å². The number of hydrogen-bond donors (Lipinski definition) is 1. The fraction of sp³-hybridized carbons (Fsp3) is 0.167. The van der Waals surface area contributed by atoms with E-state index in [0.717, 1.165) is 17.0 Å². The number of nitrogens with one attached hydrogen (secondary N) is 1. The molecule has 3 aromatic rings. The number of rotatable bonds is 5. The second kappa shape index (κ2) is 7.76. The minimum atomic E-state index is 0.418. The molecule has 3 rings (SSSR count). The van der Waals surface area contributed by atoms with Crippen LogP contribution in [0.4, 0.5) is 5.69 Å². The van der Waals surface area contributed by atoms with E-state index in [2.05, 4.69) is 15.5 Å². The molecule has 0 aliphatic carbocycles. The van der Waals surface area contributed by atoms with Gasteiger partial charge in [-0.3, -0.25) is 0 Å². The van der Waals surface area contributed by atoms with Gasteiger partial charge in [0.25, 0.3) is 0 Å². The van der Waals surface area contributed by atoms with Crippen molar-refractivity contribution in [3.8, 4) is 17.1 Å². The van der Waals surface area contributed by atoms with Gasteiger partial charge in [0, 0.05) is 18.3 Å². The Morgan fingerprint density at radius 1 is 1.16 bits per heavy atom. The van der Waals surface area contributed by atoms with Gasteiger partial charge in [-0.05, 0) is 48.6 Å².